The number of para-hydroxylation sites is 2. The maximum Gasteiger partial charge on any atom is 2.00 e. The molecule has 0 aromatic heterocycles. The predicted molar refractivity (Wildman–Crippen MR) is 208 cm³/mol. The van der Waals surface area contributed by atoms with Gasteiger partial charge in [0.25, 0.3) is 0 Å². The summed E-state index contributed by atoms with van der Waals surface area (Å²) in [6.07, 6.45) is 3.28. The smallest absolute Gasteiger partial charge is 0.872 e. The molecule has 0 heterocycles. The molecule has 0 unspecified atom stereocenters. The molecule has 0 atom stereocenters. The number of hydrogen-bond acceptors (Lipinski definition) is 4. The molecule has 0 N–H and O–H groups in total. The third kappa shape index (κ3) is 7.81. The third-order valence-corrected chi connectivity index (χ3v) is 9.42. The molecule has 0 aliphatic carbocycles. The topological polar surface area (TPSA) is 70.8 Å². The Bertz CT molecular complexity index is 2080. The molecular formula is C47H44N2NiO2. The van der Waals surface area contributed by atoms with Gasteiger partial charge in [-0.1, -0.05) is 175 Å². The Morgan fingerprint density at radius 3 is 1.31 bits per heavy atom. The fourth-order valence-electron chi connectivity index (χ4n) is 6.65. The summed E-state index contributed by atoms with van der Waals surface area (Å²) in [6, 6.07) is 48.2. The number of hydrogen-bond donors (Lipinski definition) is 0. The van der Waals surface area contributed by atoms with Crippen molar-refractivity contribution in [2.75, 3.05) is 0 Å². The summed E-state index contributed by atoms with van der Waals surface area (Å²) in [7, 11) is 0. The SMILES string of the molecule is CC(C)(C)c1cc(C=Nc2ccccc2N=Cc2cc(C(c3ccccc3)(c3ccccc3)c3ccccc3)ccc2[O-])c([O-])c(C(C)(C)C)c1.[Ni+2]. The van der Waals surface area contributed by atoms with E-state index < -0.39 is 5.41 Å². The molecule has 0 aliphatic heterocycles. The van der Waals surface area contributed by atoms with Crippen LogP contribution in [0.5, 0.6) is 11.5 Å². The van der Waals surface area contributed by atoms with Gasteiger partial charge in [-0.2, -0.15) is 0 Å². The van der Waals surface area contributed by atoms with Crippen molar-refractivity contribution < 1.29 is 26.7 Å². The second kappa shape index (κ2) is 15.6. The molecule has 0 fully saturated rings. The van der Waals surface area contributed by atoms with E-state index in [4.69, 9.17) is 9.98 Å². The summed E-state index contributed by atoms with van der Waals surface area (Å²) in [5.41, 5.74) is 7.13. The van der Waals surface area contributed by atoms with Crippen LogP contribution in [0.2, 0.25) is 0 Å². The summed E-state index contributed by atoms with van der Waals surface area (Å²) in [6.45, 7) is 12.6. The van der Waals surface area contributed by atoms with Gasteiger partial charge in [-0.3, -0.25) is 9.98 Å². The Labute approximate surface area is 318 Å². The normalized spacial score (nSPS) is 12.3. The van der Waals surface area contributed by atoms with Crippen molar-refractivity contribution in [3.8, 4) is 11.5 Å². The van der Waals surface area contributed by atoms with Crippen LogP contribution in [0.1, 0.15) is 86.1 Å². The van der Waals surface area contributed by atoms with Crippen molar-refractivity contribution in [3.63, 3.8) is 0 Å². The minimum atomic E-state index is -0.689. The van der Waals surface area contributed by atoms with Crippen molar-refractivity contribution >= 4 is 23.8 Å². The average molecular weight is 728 g/mol. The van der Waals surface area contributed by atoms with E-state index in [2.05, 4.69) is 114 Å². The van der Waals surface area contributed by atoms with Crippen molar-refractivity contribution in [1.82, 2.24) is 0 Å². The van der Waals surface area contributed by atoms with Gasteiger partial charge in [-0.15, -0.1) is 5.75 Å². The van der Waals surface area contributed by atoms with Gasteiger partial charge in [0.2, 0.25) is 0 Å². The molecule has 5 heteroatoms. The van der Waals surface area contributed by atoms with E-state index in [1.165, 1.54) is 0 Å². The van der Waals surface area contributed by atoms with E-state index in [-0.39, 0.29) is 38.8 Å². The van der Waals surface area contributed by atoms with Gasteiger partial charge in [-0.05, 0) is 73.5 Å². The molecule has 0 saturated carbocycles. The zero-order chi connectivity index (χ0) is 36.2. The fourth-order valence-corrected chi connectivity index (χ4v) is 6.65. The standard InChI is InChI=1S/C47H46N2O2.Ni/c1-45(2,3)39-29-34(44(51)40(30-39)46(4,5)6)32-49-42-25-17-16-24-41(42)48-31-33-28-38(26-27-43(33)50)47(35-18-10-7-11-19-35,36-20-12-8-13-21-36)37-22-14-9-15-23-37;/h7-32,50-51H,1-6H3;/q;+2/p-2. The fraction of sp³-hybridized carbons (Fsp3) is 0.191. The molecule has 6 aromatic carbocycles. The quantitative estimate of drug-likeness (QED) is 0.0890. The number of aliphatic imine (C=N–C) groups is 2. The van der Waals surface area contributed by atoms with E-state index >= 15 is 0 Å². The Morgan fingerprint density at radius 1 is 0.442 bits per heavy atom. The molecule has 0 spiro atoms. The first-order valence-corrected chi connectivity index (χ1v) is 17.4. The largest absolute Gasteiger partial charge is 2.00 e. The third-order valence-electron chi connectivity index (χ3n) is 9.42. The first kappa shape index (κ1) is 38.0. The number of rotatable bonds is 8. The van der Waals surface area contributed by atoms with Crippen LogP contribution in [-0.4, -0.2) is 12.4 Å². The van der Waals surface area contributed by atoms with E-state index in [9.17, 15) is 10.2 Å². The molecule has 6 aromatic rings. The van der Waals surface area contributed by atoms with Crippen molar-refractivity contribution in [1.29, 1.82) is 0 Å². The molecule has 0 saturated heterocycles. The number of nitrogens with zero attached hydrogens (tertiary/aromatic N) is 2. The van der Waals surface area contributed by atoms with Gasteiger partial charge in [0.15, 0.2) is 0 Å². The molecule has 4 nitrogen and oxygen atoms in total. The summed E-state index contributed by atoms with van der Waals surface area (Å²) in [5.74, 6) is -0.150. The van der Waals surface area contributed by atoms with Crippen LogP contribution in [0.4, 0.5) is 11.4 Å². The van der Waals surface area contributed by atoms with Crippen LogP contribution in [-0.2, 0) is 32.7 Å². The minimum Gasteiger partial charge on any atom is -0.872 e. The van der Waals surface area contributed by atoms with Crippen LogP contribution in [0.25, 0.3) is 0 Å². The zero-order valence-electron chi connectivity index (χ0n) is 30.5. The van der Waals surface area contributed by atoms with Gasteiger partial charge in [0.1, 0.15) is 0 Å². The molecule has 264 valence electrons. The summed E-state index contributed by atoms with van der Waals surface area (Å²) < 4.78 is 0. The Balaban J connectivity index is 0.00000523. The summed E-state index contributed by atoms with van der Waals surface area (Å²) in [4.78, 5) is 9.59. The van der Waals surface area contributed by atoms with E-state index in [1.54, 1.807) is 18.5 Å². The van der Waals surface area contributed by atoms with Crippen LogP contribution in [0, 0.1) is 0 Å². The van der Waals surface area contributed by atoms with Crippen LogP contribution in [0.3, 0.4) is 0 Å². The summed E-state index contributed by atoms with van der Waals surface area (Å²) in [5, 5.41) is 27.0. The second-order valence-electron chi connectivity index (χ2n) is 15.0. The summed E-state index contributed by atoms with van der Waals surface area (Å²) >= 11 is 0. The molecule has 0 radical (unpaired) electrons. The van der Waals surface area contributed by atoms with E-state index in [1.807, 2.05) is 66.7 Å². The van der Waals surface area contributed by atoms with E-state index in [0.29, 0.717) is 22.5 Å². The monoisotopic (exact) mass is 726 g/mol. The van der Waals surface area contributed by atoms with Gasteiger partial charge < -0.3 is 10.2 Å². The first-order chi connectivity index (χ1) is 24.4. The molecule has 0 amide bonds. The molecule has 52 heavy (non-hydrogen) atoms. The van der Waals surface area contributed by atoms with Gasteiger partial charge >= 0.3 is 16.5 Å². The number of benzene rings is 6. The van der Waals surface area contributed by atoms with Crippen LogP contribution in [0.15, 0.2) is 156 Å². The maximum atomic E-state index is 13.6. The molecule has 0 aliphatic rings. The predicted octanol–water partition coefficient (Wildman–Crippen LogP) is 10.3. The Morgan fingerprint density at radius 2 is 0.865 bits per heavy atom. The van der Waals surface area contributed by atoms with Crippen molar-refractivity contribution in [3.05, 3.63) is 190 Å². The second-order valence-corrected chi connectivity index (χ2v) is 15.0. The zero-order valence-corrected chi connectivity index (χ0v) is 31.5. The molecular weight excluding hydrogens is 683 g/mol. The van der Waals surface area contributed by atoms with Crippen molar-refractivity contribution in [2.24, 2.45) is 9.98 Å². The van der Waals surface area contributed by atoms with Gasteiger partial charge in [-0.25, -0.2) is 0 Å². The molecule has 0 bridgehead atoms. The van der Waals surface area contributed by atoms with Crippen LogP contribution >= 0.6 is 0 Å². The van der Waals surface area contributed by atoms with Gasteiger partial charge in [0, 0.05) is 12.4 Å². The Kier molecular flexibility index (Phi) is 11.4. The minimum absolute atomic E-state index is 0. The van der Waals surface area contributed by atoms with Crippen molar-refractivity contribution in [2.45, 2.75) is 57.8 Å². The van der Waals surface area contributed by atoms with Gasteiger partial charge in [0.05, 0.1) is 16.8 Å². The maximum absolute atomic E-state index is 13.6. The average Bonchev–Trinajstić information content (AvgIpc) is 3.12. The van der Waals surface area contributed by atoms with Crippen LogP contribution < -0.4 is 10.2 Å². The molecule has 6 rings (SSSR count). The van der Waals surface area contributed by atoms with E-state index in [0.717, 1.165) is 33.4 Å². The Hall–Kier alpha value is -5.25. The first-order valence-electron chi connectivity index (χ1n) is 17.4.